The molecule has 0 unspecified atom stereocenters. The molecule has 0 atom stereocenters. The summed E-state index contributed by atoms with van der Waals surface area (Å²) in [7, 11) is 0. The maximum absolute atomic E-state index is 13.1. The normalized spacial score (nSPS) is 19.5. The lowest BCUT2D eigenvalue weighted by Gasteiger charge is -2.37. The molecule has 2 aromatic carbocycles. The van der Waals surface area contributed by atoms with Crippen molar-refractivity contribution in [2.45, 2.75) is 25.6 Å². The molecule has 2 aromatic rings. The molecule has 2 fully saturated rings. The standard InChI is InChI=1S/C24H24N2O6/c1-2-30-18-6-4-17(5-7-18)26-22(28)19-8-3-16(15-20(19)23(26)29)21(27)25-11-9-24(10-12-25)31-13-14-32-24/h3-8,15H,2,9-14H2,1H3. The summed E-state index contributed by atoms with van der Waals surface area (Å²) in [6, 6.07) is 11.5. The summed E-state index contributed by atoms with van der Waals surface area (Å²) in [5, 5.41) is 0. The zero-order valence-electron chi connectivity index (χ0n) is 17.8. The number of carbonyl (C=O) groups excluding carboxylic acids is 3. The smallest absolute Gasteiger partial charge is 0.266 e. The van der Waals surface area contributed by atoms with Gasteiger partial charge in [0.1, 0.15) is 5.75 Å². The summed E-state index contributed by atoms with van der Waals surface area (Å²) in [6.45, 7) is 4.61. The SMILES string of the molecule is CCOc1ccc(N2C(=O)c3ccc(C(=O)N4CCC5(CC4)OCCO5)cc3C2=O)cc1. The van der Waals surface area contributed by atoms with Gasteiger partial charge in [-0.1, -0.05) is 0 Å². The highest BCUT2D eigenvalue weighted by molar-refractivity contribution is 6.34. The first-order valence-electron chi connectivity index (χ1n) is 10.8. The van der Waals surface area contributed by atoms with Crippen LogP contribution in [-0.2, 0) is 9.47 Å². The van der Waals surface area contributed by atoms with Gasteiger partial charge in [0.25, 0.3) is 17.7 Å². The van der Waals surface area contributed by atoms with Gasteiger partial charge < -0.3 is 19.1 Å². The van der Waals surface area contributed by atoms with Crippen molar-refractivity contribution in [3.8, 4) is 5.75 Å². The highest BCUT2D eigenvalue weighted by atomic mass is 16.7. The minimum Gasteiger partial charge on any atom is -0.494 e. The third-order valence-electron chi connectivity index (χ3n) is 6.17. The molecule has 3 heterocycles. The maximum Gasteiger partial charge on any atom is 0.266 e. The number of rotatable bonds is 4. The third-order valence-corrected chi connectivity index (χ3v) is 6.17. The van der Waals surface area contributed by atoms with Crippen LogP contribution in [0.15, 0.2) is 42.5 Å². The summed E-state index contributed by atoms with van der Waals surface area (Å²) in [4.78, 5) is 41.9. The van der Waals surface area contributed by atoms with Gasteiger partial charge in [0, 0.05) is 31.5 Å². The molecule has 0 bridgehead atoms. The van der Waals surface area contributed by atoms with E-state index in [2.05, 4.69) is 0 Å². The zero-order chi connectivity index (χ0) is 22.3. The van der Waals surface area contributed by atoms with Crippen molar-refractivity contribution in [2.24, 2.45) is 0 Å². The molecule has 5 rings (SSSR count). The van der Waals surface area contributed by atoms with Gasteiger partial charge >= 0.3 is 0 Å². The Morgan fingerprint density at radius 3 is 2.28 bits per heavy atom. The molecule has 0 aliphatic carbocycles. The molecule has 3 aliphatic heterocycles. The number of likely N-dealkylation sites (tertiary alicyclic amines) is 1. The second kappa shape index (κ2) is 8.03. The Kier molecular flexibility index (Phi) is 5.19. The zero-order valence-corrected chi connectivity index (χ0v) is 17.8. The number of piperidine rings is 1. The average Bonchev–Trinajstić information content (AvgIpc) is 3.37. The molecule has 0 radical (unpaired) electrons. The molecule has 8 heteroatoms. The molecule has 0 aromatic heterocycles. The van der Waals surface area contributed by atoms with Crippen LogP contribution in [0.4, 0.5) is 5.69 Å². The van der Waals surface area contributed by atoms with Crippen molar-refractivity contribution in [2.75, 3.05) is 37.8 Å². The van der Waals surface area contributed by atoms with Gasteiger partial charge in [-0.15, -0.1) is 0 Å². The molecule has 8 nitrogen and oxygen atoms in total. The summed E-state index contributed by atoms with van der Waals surface area (Å²) in [5.41, 5.74) is 1.39. The predicted octanol–water partition coefficient (Wildman–Crippen LogP) is 2.87. The second-order valence-electron chi connectivity index (χ2n) is 8.03. The van der Waals surface area contributed by atoms with E-state index in [0.29, 0.717) is 68.3 Å². The molecule has 0 saturated carbocycles. The molecular formula is C24H24N2O6. The number of anilines is 1. The van der Waals surface area contributed by atoms with Crippen molar-refractivity contribution in [3.05, 3.63) is 59.2 Å². The van der Waals surface area contributed by atoms with Crippen LogP contribution in [0, 0.1) is 0 Å². The fourth-order valence-corrected chi connectivity index (χ4v) is 4.49. The van der Waals surface area contributed by atoms with E-state index in [1.165, 1.54) is 6.07 Å². The number of hydrogen-bond acceptors (Lipinski definition) is 6. The van der Waals surface area contributed by atoms with Gasteiger partial charge in [0.15, 0.2) is 5.79 Å². The number of fused-ring (bicyclic) bond motifs is 1. The quantitative estimate of drug-likeness (QED) is 0.686. The van der Waals surface area contributed by atoms with Gasteiger partial charge in [-0.3, -0.25) is 14.4 Å². The first-order chi connectivity index (χ1) is 15.5. The molecule has 0 N–H and O–H groups in total. The van der Waals surface area contributed by atoms with E-state index < -0.39 is 17.6 Å². The fraction of sp³-hybridized carbons (Fsp3) is 0.375. The Balaban J connectivity index is 1.34. The summed E-state index contributed by atoms with van der Waals surface area (Å²) in [5.74, 6) is -0.898. The lowest BCUT2D eigenvalue weighted by molar-refractivity contribution is -0.181. The highest BCUT2D eigenvalue weighted by Crippen LogP contribution is 2.33. The van der Waals surface area contributed by atoms with Crippen LogP contribution in [0.25, 0.3) is 0 Å². The van der Waals surface area contributed by atoms with Crippen LogP contribution in [-0.4, -0.2) is 61.3 Å². The third kappa shape index (κ3) is 3.45. The molecule has 32 heavy (non-hydrogen) atoms. The number of nitrogens with zero attached hydrogens (tertiary/aromatic N) is 2. The molecule has 2 saturated heterocycles. The van der Waals surface area contributed by atoms with Gasteiger partial charge in [-0.05, 0) is 49.4 Å². The van der Waals surface area contributed by atoms with E-state index in [0.717, 1.165) is 4.90 Å². The van der Waals surface area contributed by atoms with Crippen molar-refractivity contribution >= 4 is 23.4 Å². The van der Waals surface area contributed by atoms with E-state index in [1.54, 1.807) is 41.3 Å². The predicted molar refractivity (Wildman–Crippen MR) is 115 cm³/mol. The van der Waals surface area contributed by atoms with Crippen LogP contribution in [0.5, 0.6) is 5.75 Å². The molecule has 1 spiro atoms. The first kappa shape index (κ1) is 20.7. The number of ether oxygens (including phenoxy) is 3. The van der Waals surface area contributed by atoms with Crippen molar-refractivity contribution in [1.29, 1.82) is 0 Å². The Hall–Kier alpha value is -3.23. The largest absolute Gasteiger partial charge is 0.494 e. The van der Waals surface area contributed by atoms with Crippen LogP contribution < -0.4 is 9.64 Å². The van der Waals surface area contributed by atoms with Gasteiger partial charge in [0.2, 0.25) is 0 Å². The van der Waals surface area contributed by atoms with Crippen LogP contribution in [0.3, 0.4) is 0 Å². The van der Waals surface area contributed by atoms with Crippen molar-refractivity contribution in [1.82, 2.24) is 4.90 Å². The summed E-state index contributed by atoms with van der Waals surface area (Å²) in [6.07, 6.45) is 1.24. The van der Waals surface area contributed by atoms with Crippen LogP contribution in [0.2, 0.25) is 0 Å². The van der Waals surface area contributed by atoms with Crippen LogP contribution in [0.1, 0.15) is 50.8 Å². The van der Waals surface area contributed by atoms with E-state index in [4.69, 9.17) is 14.2 Å². The highest BCUT2D eigenvalue weighted by Gasteiger charge is 2.41. The van der Waals surface area contributed by atoms with Crippen LogP contribution >= 0.6 is 0 Å². The Morgan fingerprint density at radius 2 is 1.62 bits per heavy atom. The minimum atomic E-state index is -0.560. The van der Waals surface area contributed by atoms with Crippen molar-refractivity contribution in [3.63, 3.8) is 0 Å². The number of imide groups is 1. The molecule has 166 valence electrons. The van der Waals surface area contributed by atoms with Crippen molar-refractivity contribution < 1.29 is 28.6 Å². The number of benzene rings is 2. The van der Waals surface area contributed by atoms with Gasteiger partial charge in [-0.2, -0.15) is 0 Å². The first-order valence-corrected chi connectivity index (χ1v) is 10.8. The minimum absolute atomic E-state index is 0.166. The van der Waals surface area contributed by atoms with E-state index in [9.17, 15) is 14.4 Å². The number of amides is 3. The molecule has 3 aliphatic rings. The maximum atomic E-state index is 13.1. The number of carbonyl (C=O) groups is 3. The van der Waals surface area contributed by atoms with Gasteiger partial charge in [-0.25, -0.2) is 4.90 Å². The van der Waals surface area contributed by atoms with E-state index >= 15 is 0 Å². The summed E-state index contributed by atoms with van der Waals surface area (Å²) < 4.78 is 16.9. The Bertz CT molecular complexity index is 1060. The van der Waals surface area contributed by atoms with E-state index in [1.807, 2.05) is 6.92 Å². The molecule has 3 amide bonds. The Morgan fingerprint density at radius 1 is 0.969 bits per heavy atom. The number of hydrogen-bond donors (Lipinski definition) is 0. The average molecular weight is 436 g/mol. The second-order valence-corrected chi connectivity index (χ2v) is 8.03. The lowest BCUT2D eigenvalue weighted by atomic mass is 10.0. The Labute approximate surface area is 185 Å². The summed E-state index contributed by atoms with van der Waals surface area (Å²) >= 11 is 0. The fourth-order valence-electron chi connectivity index (χ4n) is 4.49. The monoisotopic (exact) mass is 436 g/mol. The lowest BCUT2D eigenvalue weighted by Crippen LogP contribution is -2.47. The molecular weight excluding hydrogens is 412 g/mol. The topological polar surface area (TPSA) is 85.4 Å². The van der Waals surface area contributed by atoms with E-state index in [-0.39, 0.29) is 11.5 Å². The van der Waals surface area contributed by atoms with Gasteiger partial charge in [0.05, 0.1) is 36.6 Å².